The number of halogens is 2. The van der Waals surface area contributed by atoms with E-state index < -0.39 is 20.5 Å². The van der Waals surface area contributed by atoms with Crippen molar-refractivity contribution < 1.29 is 17.2 Å². The highest BCUT2D eigenvalue weighted by atomic mass is 32.2. The number of hydrogen-bond donors (Lipinski definition) is 1. The Morgan fingerprint density at radius 2 is 1.93 bits per heavy atom. The fraction of sp³-hybridized carbons (Fsp3) is 0.250. The van der Waals surface area contributed by atoms with Gasteiger partial charge in [0.25, 0.3) is 0 Å². The number of nitrogens with two attached hydrogens (primary N) is 1. The van der Waals surface area contributed by atoms with Crippen LogP contribution >= 0.6 is 0 Å². The molecule has 6 heteroatoms. The number of hydrogen-bond acceptors (Lipinski definition) is 3. The largest absolute Gasteiger partial charge is 0.398 e. The molecule has 0 spiro atoms. The van der Waals surface area contributed by atoms with Gasteiger partial charge in [0.2, 0.25) is 9.84 Å². The van der Waals surface area contributed by atoms with Crippen LogP contribution in [0.4, 0.5) is 14.5 Å². The zero-order valence-electron chi connectivity index (χ0n) is 7.37. The van der Waals surface area contributed by atoms with Crippen molar-refractivity contribution in [1.82, 2.24) is 0 Å². The highest BCUT2D eigenvalue weighted by molar-refractivity contribution is 7.91. The maximum atomic E-state index is 12.1. The van der Waals surface area contributed by atoms with Crippen LogP contribution < -0.4 is 5.73 Å². The average Bonchev–Trinajstić information content (AvgIpc) is 2.02. The van der Waals surface area contributed by atoms with Gasteiger partial charge in [-0.15, -0.1) is 0 Å². The second-order valence-electron chi connectivity index (χ2n) is 2.85. The summed E-state index contributed by atoms with van der Waals surface area (Å²) in [5, 5.41) is 0. The number of anilines is 1. The molecule has 0 fully saturated rings. The Hall–Kier alpha value is -1.17. The maximum absolute atomic E-state index is 12.1. The lowest BCUT2D eigenvalue weighted by atomic mass is 10.2. The van der Waals surface area contributed by atoms with Gasteiger partial charge in [0, 0.05) is 0 Å². The fourth-order valence-corrected chi connectivity index (χ4v) is 1.86. The molecule has 0 amide bonds. The molecule has 0 heterocycles. The monoisotopic (exact) mass is 221 g/mol. The molecule has 2 N–H and O–H groups in total. The topological polar surface area (TPSA) is 60.2 Å². The van der Waals surface area contributed by atoms with Crippen LogP contribution in [-0.2, 0) is 9.84 Å². The third kappa shape index (κ3) is 1.84. The minimum Gasteiger partial charge on any atom is -0.398 e. The van der Waals surface area contributed by atoms with Crippen molar-refractivity contribution in [3.05, 3.63) is 23.8 Å². The summed E-state index contributed by atoms with van der Waals surface area (Å²) >= 11 is 0. The summed E-state index contributed by atoms with van der Waals surface area (Å²) in [5.74, 6) is -3.44. The van der Waals surface area contributed by atoms with E-state index in [0.717, 1.165) is 11.6 Å². The SMILES string of the molecule is Cc1ccc(S(=O)(=O)C(F)F)c(N)c1. The minimum atomic E-state index is -4.58. The van der Waals surface area contributed by atoms with Crippen LogP contribution in [0, 0.1) is 6.92 Å². The quantitative estimate of drug-likeness (QED) is 0.771. The van der Waals surface area contributed by atoms with Crippen molar-refractivity contribution in [1.29, 1.82) is 0 Å². The Bertz CT molecular complexity index is 443. The van der Waals surface area contributed by atoms with Gasteiger partial charge in [0.1, 0.15) is 0 Å². The first-order valence-corrected chi connectivity index (χ1v) is 5.28. The Labute approximate surface area is 80.5 Å². The van der Waals surface area contributed by atoms with Crippen molar-refractivity contribution in [2.75, 3.05) is 5.73 Å². The molecule has 3 nitrogen and oxygen atoms in total. The van der Waals surface area contributed by atoms with Crippen LogP contribution in [0.3, 0.4) is 0 Å². The molecule has 0 aliphatic carbocycles. The lowest BCUT2D eigenvalue weighted by molar-refractivity contribution is 0.235. The molecule has 0 atom stereocenters. The molecule has 0 radical (unpaired) electrons. The summed E-state index contributed by atoms with van der Waals surface area (Å²) in [7, 11) is -4.58. The van der Waals surface area contributed by atoms with E-state index in [-0.39, 0.29) is 5.69 Å². The van der Waals surface area contributed by atoms with E-state index in [1.165, 1.54) is 12.1 Å². The third-order valence-corrected chi connectivity index (χ3v) is 3.16. The van der Waals surface area contributed by atoms with E-state index in [0.29, 0.717) is 0 Å². The first-order chi connectivity index (χ1) is 6.35. The summed E-state index contributed by atoms with van der Waals surface area (Å²) in [6, 6.07) is 3.85. The molecule has 0 unspecified atom stereocenters. The fourth-order valence-electron chi connectivity index (χ4n) is 1.02. The second-order valence-corrected chi connectivity index (χ2v) is 4.73. The van der Waals surface area contributed by atoms with Gasteiger partial charge in [-0.1, -0.05) is 6.07 Å². The summed E-state index contributed by atoms with van der Waals surface area (Å²) in [5.41, 5.74) is 5.90. The summed E-state index contributed by atoms with van der Waals surface area (Å²) in [4.78, 5) is -0.516. The van der Waals surface area contributed by atoms with Crippen LogP contribution in [0.2, 0.25) is 0 Å². The zero-order chi connectivity index (χ0) is 10.9. The van der Waals surface area contributed by atoms with Crippen molar-refractivity contribution in [2.45, 2.75) is 17.6 Å². The van der Waals surface area contributed by atoms with Gasteiger partial charge >= 0.3 is 5.76 Å². The van der Waals surface area contributed by atoms with Gasteiger partial charge in [-0.2, -0.15) is 8.78 Å². The van der Waals surface area contributed by atoms with E-state index >= 15 is 0 Å². The van der Waals surface area contributed by atoms with Gasteiger partial charge in [0.15, 0.2) is 0 Å². The van der Waals surface area contributed by atoms with Crippen LogP contribution in [-0.4, -0.2) is 14.2 Å². The highest BCUT2D eigenvalue weighted by Gasteiger charge is 2.28. The lowest BCUT2D eigenvalue weighted by Gasteiger charge is -2.06. The van der Waals surface area contributed by atoms with Crippen LogP contribution in [0.25, 0.3) is 0 Å². The van der Waals surface area contributed by atoms with Gasteiger partial charge in [-0.3, -0.25) is 0 Å². The Balaban J connectivity index is 3.35. The normalized spacial score (nSPS) is 12.0. The first kappa shape index (κ1) is 10.9. The predicted molar refractivity (Wildman–Crippen MR) is 48.8 cm³/mol. The molecule has 1 aromatic carbocycles. The lowest BCUT2D eigenvalue weighted by Crippen LogP contribution is -2.13. The van der Waals surface area contributed by atoms with Gasteiger partial charge in [-0.05, 0) is 24.6 Å². The van der Waals surface area contributed by atoms with Gasteiger partial charge < -0.3 is 5.73 Å². The molecule has 1 rings (SSSR count). The summed E-state index contributed by atoms with van der Waals surface area (Å²) < 4.78 is 46.3. The molecule has 78 valence electrons. The molecule has 0 aliphatic rings. The average molecular weight is 221 g/mol. The predicted octanol–water partition coefficient (Wildman–Crippen LogP) is 1.57. The van der Waals surface area contributed by atoms with Crippen molar-refractivity contribution in [3.63, 3.8) is 0 Å². The number of alkyl halides is 2. The van der Waals surface area contributed by atoms with Crippen molar-refractivity contribution in [2.24, 2.45) is 0 Å². The molecule has 0 saturated heterocycles. The van der Waals surface area contributed by atoms with E-state index in [2.05, 4.69) is 0 Å². The molecule has 0 aliphatic heterocycles. The van der Waals surface area contributed by atoms with Crippen molar-refractivity contribution in [3.8, 4) is 0 Å². The molecule has 14 heavy (non-hydrogen) atoms. The summed E-state index contributed by atoms with van der Waals surface area (Å²) in [6.45, 7) is 1.69. The smallest absolute Gasteiger partial charge is 0.341 e. The van der Waals surface area contributed by atoms with Gasteiger partial charge in [-0.25, -0.2) is 8.42 Å². The number of aryl methyl sites for hydroxylation is 1. The zero-order valence-corrected chi connectivity index (χ0v) is 8.18. The number of benzene rings is 1. The number of sulfone groups is 1. The maximum Gasteiger partial charge on any atom is 0.341 e. The van der Waals surface area contributed by atoms with Gasteiger partial charge in [0.05, 0.1) is 10.6 Å². The minimum absolute atomic E-state index is 0.148. The standard InChI is InChI=1S/C8H9F2NO2S/c1-5-2-3-7(6(11)4-5)14(12,13)8(9)10/h2-4,8H,11H2,1H3. The molecule has 0 bridgehead atoms. The number of nitrogen functional groups attached to an aromatic ring is 1. The van der Waals surface area contributed by atoms with E-state index in [1.807, 2.05) is 0 Å². The molecule has 0 aromatic heterocycles. The molecule has 1 aromatic rings. The van der Waals surface area contributed by atoms with E-state index in [1.54, 1.807) is 6.92 Å². The third-order valence-electron chi connectivity index (χ3n) is 1.71. The van der Waals surface area contributed by atoms with E-state index in [4.69, 9.17) is 5.73 Å². The molecular formula is C8H9F2NO2S. The highest BCUT2D eigenvalue weighted by Crippen LogP contribution is 2.24. The van der Waals surface area contributed by atoms with Crippen molar-refractivity contribution >= 4 is 15.5 Å². The molecule has 0 saturated carbocycles. The molecular weight excluding hydrogens is 212 g/mol. The van der Waals surface area contributed by atoms with Crippen LogP contribution in [0.1, 0.15) is 5.56 Å². The summed E-state index contributed by atoms with van der Waals surface area (Å²) in [6.07, 6.45) is 0. The van der Waals surface area contributed by atoms with Crippen LogP contribution in [0.5, 0.6) is 0 Å². The van der Waals surface area contributed by atoms with Crippen LogP contribution in [0.15, 0.2) is 23.1 Å². The Morgan fingerprint density at radius 3 is 2.36 bits per heavy atom. The van der Waals surface area contributed by atoms with E-state index in [9.17, 15) is 17.2 Å². The first-order valence-electron chi connectivity index (χ1n) is 3.74. The number of rotatable bonds is 2. The second kappa shape index (κ2) is 3.53. The Kier molecular flexibility index (Phi) is 2.75. The Morgan fingerprint density at radius 1 is 1.36 bits per heavy atom.